The van der Waals surface area contributed by atoms with E-state index >= 15 is 0 Å². The Morgan fingerprint density at radius 1 is 0.905 bits per heavy atom. The van der Waals surface area contributed by atoms with Gasteiger partial charge in [-0.1, -0.05) is 18.2 Å². The minimum atomic E-state index is -0.169. The Balaban J connectivity index is 1.15. The van der Waals surface area contributed by atoms with Gasteiger partial charge < -0.3 is 15.5 Å². The predicted octanol–water partition coefficient (Wildman–Crippen LogP) is 6.05. The number of carbonyl (C=O) groups excluding carboxylic acids is 1. The van der Waals surface area contributed by atoms with E-state index in [2.05, 4.69) is 49.8 Å². The molecule has 1 amide bonds. The van der Waals surface area contributed by atoms with Gasteiger partial charge in [0, 0.05) is 59.9 Å². The van der Waals surface area contributed by atoms with Gasteiger partial charge >= 0.3 is 0 Å². The van der Waals surface area contributed by atoms with Crippen LogP contribution in [0.2, 0.25) is 0 Å². The number of nitrogens with zero attached hydrogens (tertiary/aromatic N) is 6. The Labute approximate surface area is 245 Å². The summed E-state index contributed by atoms with van der Waals surface area (Å²) >= 11 is 0. The van der Waals surface area contributed by atoms with Crippen LogP contribution in [0.3, 0.4) is 0 Å². The number of aromatic nitrogens is 5. The van der Waals surface area contributed by atoms with Crippen molar-refractivity contribution in [3.63, 3.8) is 0 Å². The van der Waals surface area contributed by atoms with E-state index in [-0.39, 0.29) is 5.91 Å². The second-order valence-corrected chi connectivity index (χ2v) is 10.9. The third kappa shape index (κ3) is 6.21. The molecule has 1 fully saturated rings. The molecule has 42 heavy (non-hydrogen) atoms. The molecule has 212 valence electrons. The van der Waals surface area contributed by atoms with Gasteiger partial charge in [-0.2, -0.15) is 5.10 Å². The highest BCUT2D eigenvalue weighted by Gasteiger charge is 2.18. The predicted molar refractivity (Wildman–Crippen MR) is 166 cm³/mol. The molecule has 4 heterocycles. The third-order valence-corrected chi connectivity index (χ3v) is 7.80. The molecule has 9 nitrogen and oxygen atoms in total. The first-order chi connectivity index (χ1) is 20.4. The fraction of sp³-hybridized carbons (Fsp3) is 0.242. The molecule has 6 rings (SSSR count). The van der Waals surface area contributed by atoms with E-state index < -0.39 is 0 Å². The van der Waals surface area contributed by atoms with E-state index in [4.69, 9.17) is 4.98 Å². The van der Waals surface area contributed by atoms with Gasteiger partial charge in [0.2, 0.25) is 5.95 Å². The normalized spacial score (nSPS) is 14.1. The zero-order valence-electron chi connectivity index (χ0n) is 24.1. The van der Waals surface area contributed by atoms with Crippen LogP contribution in [-0.4, -0.2) is 55.7 Å². The number of amides is 1. The first-order valence-corrected chi connectivity index (χ1v) is 14.2. The number of nitrogens with one attached hydrogen (secondary N) is 2. The molecule has 5 aromatic rings. The minimum Gasteiger partial charge on any atom is -0.324 e. The van der Waals surface area contributed by atoms with Gasteiger partial charge in [0.1, 0.15) is 0 Å². The second-order valence-electron chi connectivity index (χ2n) is 10.9. The first kappa shape index (κ1) is 27.3. The SMILES string of the molecule is Cc1ccc(C(=O)Nc2ccc(C3CCN(C)CC3)cc2)cc1Nc1nccc(-c2cncc(-c3ccn(C)n3)c2)n1. The monoisotopic (exact) mass is 558 g/mol. The van der Waals surface area contributed by atoms with E-state index in [1.165, 1.54) is 18.4 Å². The molecule has 9 heteroatoms. The zero-order chi connectivity index (χ0) is 29.1. The number of hydrogen-bond acceptors (Lipinski definition) is 7. The molecular weight excluding hydrogens is 524 g/mol. The molecule has 0 radical (unpaired) electrons. The van der Waals surface area contributed by atoms with Crippen molar-refractivity contribution in [3.05, 3.63) is 102 Å². The summed E-state index contributed by atoms with van der Waals surface area (Å²) < 4.78 is 1.76. The standard InChI is InChI=1S/C33H34N8O/c1-22-4-5-25(32(42)36-28-8-6-23(7-9-28)24-11-15-40(2)16-12-24)19-31(22)38-33-35-14-10-29(37-33)26-18-27(21-34-20-26)30-13-17-41(3)39-30/h4-10,13-14,17-21,24H,11-12,15-16H2,1-3H3,(H,36,42)(H,35,37,38). The summed E-state index contributed by atoms with van der Waals surface area (Å²) in [5.41, 5.74) is 7.74. The van der Waals surface area contributed by atoms with Crippen molar-refractivity contribution in [2.75, 3.05) is 30.8 Å². The van der Waals surface area contributed by atoms with Crippen LogP contribution in [0.25, 0.3) is 22.5 Å². The van der Waals surface area contributed by atoms with Crippen LogP contribution >= 0.6 is 0 Å². The van der Waals surface area contributed by atoms with Crippen molar-refractivity contribution < 1.29 is 4.79 Å². The molecule has 0 aliphatic carbocycles. The van der Waals surface area contributed by atoms with Crippen LogP contribution in [-0.2, 0) is 7.05 Å². The summed E-state index contributed by atoms with van der Waals surface area (Å²) in [6.07, 6.45) is 9.51. The summed E-state index contributed by atoms with van der Waals surface area (Å²) in [5, 5.41) is 10.8. The Morgan fingerprint density at radius 2 is 1.67 bits per heavy atom. The molecule has 0 unspecified atom stereocenters. The molecule has 0 saturated carbocycles. The molecule has 1 aliphatic heterocycles. The minimum absolute atomic E-state index is 0.169. The quantitative estimate of drug-likeness (QED) is 0.251. The molecule has 1 aliphatic rings. The van der Waals surface area contributed by atoms with Crippen molar-refractivity contribution in [1.82, 2.24) is 29.6 Å². The number of piperidine rings is 1. The number of carbonyl (C=O) groups is 1. The average Bonchev–Trinajstić information content (AvgIpc) is 3.45. The number of benzene rings is 2. The summed E-state index contributed by atoms with van der Waals surface area (Å²) in [7, 11) is 4.06. The van der Waals surface area contributed by atoms with Crippen LogP contribution in [0.1, 0.15) is 40.2 Å². The van der Waals surface area contributed by atoms with Gasteiger partial charge in [0.15, 0.2) is 0 Å². The fourth-order valence-corrected chi connectivity index (χ4v) is 5.27. The zero-order valence-corrected chi connectivity index (χ0v) is 24.1. The van der Waals surface area contributed by atoms with E-state index in [0.717, 1.165) is 52.5 Å². The van der Waals surface area contributed by atoms with E-state index in [1.807, 2.05) is 68.7 Å². The maximum atomic E-state index is 13.2. The summed E-state index contributed by atoms with van der Waals surface area (Å²) in [6, 6.07) is 19.7. The maximum Gasteiger partial charge on any atom is 0.255 e. The third-order valence-electron chi connectivity index (χ3n) is 7.80. The fourth-order valence-electron chi connectivity index (χ4n) is 5.27. The Hall–Kier alpha value is -4.89. The first-order valence-electron chi connectivity index (χ1n) is 14.2. The van der Waals surface area contributed by atoms with Gasteiger partial charge in [0.05, 0.1) is 11.4 Å². The van der Waals surface area contributed by atoms with Crippen LogP contribution in [0.15, 0.2) is 85.5 Å². The van der Waals surface area contributed by atoms with Crippen LogP contribution < -0.4 is 10.6 Å². The van der Waals surface area contributed by atoms with E-state index in [9.17, 15) is 4.79 Å². The number of pyridine rings is 1. The van der Waals surface area contributed by atoms with E-state index in [1.54, 1.807) is 23.3 Å². The lowest BCUT2D eigenvalue weighted by atomic mass is 9.89. The highest BCUT2D eigenvalue weighted by Crippen LogP contribution is 2.29. The topological polar surface area (TPSA) is 101 Å². The lowest BCUT2D eigenvalue weighted by molar-refractivity contribution is 0.102. The van der Waals surface area contributed by atoms with Gasteiger partial charge in [-0.3, -0.25) is 14.5 Å². The largest absolute Gasteiger partial charge is 0.324 e. The van der Waals surface area contributed by atoms with Crippen molar-refractivity contribution in [1.29, 1.82) is 0 Å². The summed E-state index contributed by atoms with van der Waals surface area (Å²) in [6.45, 7) is 4.23. The van der Waals surface area contributed by atoms with Gasteiger partial charge in [-0.05, 0) is 99.4 Å². The summed E-state index contributed by atoms with van der Waals surface area (Å²) in [4.78, 5) is 29.1. The smallest absolute Gasteiger partial charge is 0.255 e. The number of aryl methyl sites for hydroxylation is 2. The highest BCUT2D eigenvalue weighted by atomic mass is 16.1. The van der Waals surface area contributed by atoms with Gasteiger partial charge in [0.25, 0.3) is 5.91 Å². The van der Waals surface area contributed by atoms with Crippen molar-refractivity contribution >= 4 is 23.2 Å². The summed E-state index contributed by atoms with van der Waals surface area (Å²) in [5.74, 6) is 0.844. The lowest BCUT2D eigenvalue weighted by Crippen LogP contribution is -2.29. The molecular formula is C33H34N8O. The number of rotatable bonds is 7. The van der Waals surface area contributed by atoms with E-state index in [0.29, 0.717) is 17.4 Å². The van der Waals surface area contributed by atoms with Crippen molar-refractivity contribution in [2.24, 2.45) is 7.05 Å². The van der Waals surface area contributed by atoms with Gasteiger partial charge in [-0.15, -0.1) is 0 Å². The molecule has 1 saturated heterocycles. The van der Waals surface area contributed by atoms with Crippen molar-refractivity contribution in [3.8, 4) is 22.5 Å². The number of hydrogen-bond donors (Lipinski definition) is 2. The van der Waals surface area contributed by atoms with Crippen LogP contribution in [0, 0.1) is 6.92 Å². The number of likely N-dealkylation sites (tertiary alicyclic amines) is 1. The van der Waals surface area contributed by atoms with Crippen LogP contribution in [0.4, 0.5) is 17.3 Å². The van der Waals surface area contributed by atoms with Crippen LogP contribution in [0.5, 0.6) is 0 Å². The number of anilines is 3. The molecule has 3 aromatic heterocycles. The van der Waals surface area contributed by atoms with Gasteiger partial charge in [-0.25, -0.2) is 9.97 Å². The lowest BCUT2D eigenvalue weighted by Gasteiger charge is -2.29. The molecule has 0 spiro atoms. The van der Waals surface area contributed by atoms with Crippen molar-refractivity contribution in [2.45, 2.75) is 25.7 Å². The Morgan fingerprint density at radius 3 is 2.40 bits per heavy atom. The highest BCUT2D eigenvalue weighted by molar-refractivity contribution is 6.05. The molecule has 0 atom stereocenters. The molecule has 0 bridgehead atoms. The molecule has 2 aromatic carbocycles. The Kier molecular flexibility index (Phi) is 7.74. The molecule has 2 N–H and O–H groups in total. The second kappa shape index (κ2) is 11.9. The average molecular weight is 559 g/mol. The Bertz CT molecular complexity index is 1700. The maximum absolute atomic E-state index is 13.2.